The van der Waals surface area contributed by atoms with E-state index in [0.717, 1.165) is 19.6 Å². The van der Waals surface area contributed by atoms with Gasteiger partial charge in [0.25, 0.3) is 5.91 Å². The summed E-state index contributed by atoms with van der Waals surface area (Å²) in [6.45, 7) is 6.07. The molecule has 0 spiro atoms. The monoisotopic (exact) mass is 479 g/mol. The highest BCUT2D eigenvalue weighted by Crippen LogP contribution is 2.16. The molecule has 1 atom stereocenters. The Morgan fingerprint density at radius 2 is 2.08 bits per heavy atom. The highest BCUT2D eigenvalue weighted by Gasteiger charge is 2.22. The summed E-state index contributed by atoms with van der Waals surface area (Å²) in [7, 11) is 0. The van der Waals surface area contributed by atoms with Crippen LogP contribution < -0.4 is 16.4 Å². The number of nitrogens with zero attached hydrogens (tertiary/aromatic N) is 2. The molecule has 1 aliphatic heterocycles. The zero-order valence-corrected chi connectivity index (χ0v) is 17.6. The van der Waals surface area contributed by atoms with Crippen LogP contribution in [-0.4, -0.2) is 55.5 Å². The Morgan fingerprint density at radius 1 is 1.36 bits per heavy atom. The van der Waals surface area contributed by atoms with Crippen molar-refractivity contribution >= 4 is 47.4 Å². The fraction of sp³-hybridized carbons (Fsp3) is 0.529. The van der Waals surface area contributed by atoms with Crippen LogP contribution in [0.5, 0.6) is 0 Å². The van der Waals surface area contributed by atoms with Crippen LogP contribution in [0, 0.1) is 0 Å². The minimum Gasteiger partial charge on any atom is -0.370 e. The fourth-order valence-corrected chi connectivity index (χ4v) is 3.11. The Kier molecular flexibility index (Phi) is 10.1. The highest BCUT2D eigenvalue weighted by molar-refractivity contribution is 14.0. The first kappa shape index (κ1) is 22.0. The molecule has 1 aliphatic rings. The molecule has 1 aromatic carbocycles. The molecule has 1 amide bonds. The standard InChI is InChI=1S/C17H26ClN5O.HI/c1-2-23-11-5-6-13(23)12-22-17(19)21-10-9-20-16(24)14-7-3-4-8-15(14)18;/h3-4,7-8,13H,2,5-6,9-12H2,1H3,(H,20,24)(H3,19,21,22);1H. The van der Waals surface area contributed by atoms with E-state index in [0.29, 0.717) is 35.7 Å². The molecule has 1 saturated heterocycles. The summed E-state index contributed by atoms with van der Waals surface area (Å²) in [4.78, 5) is 18.8. The Balaban J connectivity index is 0.00000312. The molecular formula is C17H27ClIN5O. The van der Waals surface area contributed by atoms with Gasteiger partial charge in [0.2, 0.25) is 0 Å². The van der Waals surface area contributed by atoms with Gasteiger partial charge in [-0.15, -0.1) is 24.0 Å². The molecule has 1 unspecified atom stereocenters. The van der Waals surface area contributed by atoms with Gasteiger partial charge in [0, 0.05) is 19.1 Å². The van der Waals surface area contributed by atoms with Gasteiger partial charge in [0.1, 0.15) is 0 Å². The second kappa shape index (κ2) is 11.5. The Labute approximate surface area is 171 Å². The molecule has 0 saturated carbocycles. The first-order valence-corrected chi connectivity index (χ1v) is 8.80. The number of benzene rings is 1. The summed E-state index contributed by atoms with van der Waals surface area (Å²) in [5.41, 5.74) is 6.35. The van der Waals surface area contributed by atoms with Crippen molar-refractivity contribution in [2.24, 2.45) is 10.7 Å². The molecular weight excluding hydrogens is 453 g/mol. The Hall–Kier alpha value is -1.06. The minimum absolute atomic E-state index is 0. The van der Waals surface area contributed by atoms with Gasteiger partial charge in [0.15, 0.2) is 5.96 Å². The number of nitrogens with one attached hydrogen (secondary N) is 2. The number of carbonyl (C=O) groups excluding carboxylic acids is 1. The van der Waals surface area contributed by atoms with E-state index in [2.05, 4.69) is 27.4 Å². The van der Waals surface area contributed by atoms with Gasteiger partial charge in [0.05, 0.1) is 17.1 Å². The van der Waals surface area contributed by atoms with Crippen LogP contribution in [0.3, 0.4) is 0 Å². The number of amides is 1. The number of hydrogen-bond donors (Lipinski definition) is 3. The molecule has 1 fully saturated rings. The fourth-order valence-electron chi connectivity index (χ4n) is 2.89. The quantitative estimate of drug-likeness (QED) is 0.242. The normalized spacial score (nSPS) is 17.8. The highest BCUT2D eigenvalue weighted by atomic mass is 127. The lowest BCUT2D eigenvalue weighted by Crippen LogP contribution is -2.39. The summed E-state index contributed by atoms with van der Waals surface area (Å²) in [6, 6.07) is 7.47. The van der Waals surface area contributed by atoms with Gasteiger partial charge in [-0.05, 0) is 38.1 Å². The lowest BCUT2D eigenvalue weighted by Gasteiger charge is -2.20. The molecule has 1 aromatic rings. The lowest BCUT2D eigenvalue weighted by atomic mass is 10.2. The van der Waals surface area contributed by atoms with E-state index in [4.69, 9.17) is 17.3 Å². The third-order valence-corrected chi connectivity index (χ3v) is 4.54. The molecule has 0 bridgehead atoms. The molecule has 1 heterocycles. The molecule has 25 heavy (non-hydrogen) atoms. The second-order valence-corrected chi connectivity index (χ2v) is 6.22. The summed E-state index contributed by atoms with van der Waals surface area (Å²) in [6.07, 6.45) is 2.41. The van der Waals surface area contributed by atoms with E-state index < -0.39 is 0 Å². The van der Waals surface area contributed by atoms with Crippen molar-refractivity contribution in [3.05, 3.63) is 34.9 Å². The number of hydrogen-bond acceptors (Lipinski definition) is 3. The van der Waals surface area contributed by atoms with Crippen LogP contribution in [0.2, 0.25) is 5.02 Å². The number of likely N-dealkylation sites (N-methyl/N-ethyl adjacent to an activating group) is 1. The molecule has 6 nitrogen and oxygen atoms in total. The SMILES string of the molecule is CCN1CCCC1CN=C(N)NCCNC(=O)c1ccccc1Cl.I. The van der Waals surface area contributed by atoms with Crippen LogP contribution in [0.25, 0.3) is 0 Å². The van der Waals surface area contributed by atoms with E-state index in [9.17, 15) is 4.79 Å². The van der Waals surface area contributed by atoms with Crippen LogP contribution in [0.1, 0.15) is 30.1 Å². The van der Waals surface area contributed by atoms with Crippen molar-refractivity contribution in [1.29, 1.82) is 0 Å². The number of aliphatic imine (C=N–C) groups is 1. The summed E-state index contributed by atoms with van der Waals surface area (Å²) in [5, 5.41) is 6.27. The van der Waals surface area contributed by atoms with Crippen molar-refractivity contribution in [2.45, 2.75) is 25.8 Å². The molecule has 2 rings (SSSR count). The third-order valence-electron chi connectivity index (χ3n) is 4.21. The minimum atomic E-state index is -0.192. The number of rotatable bonds is 7. The molecule has 8 heteroatoms. The maximum Gasteiger partial charge on any atom is 0.252 e. The van der Waals surface area contributed by atoms with E-state index in [1.54, 1.807) is 24.3 Å². The maximum atomic E-state index is 12.0. The maximum absolute atomic E-state index is 12.0. The number of halogens is 2. The average molecular weight is 480 g/mol. The predicted octanol–water partition coefficient (Wildman–Crippen LogP) is 2.08. The first-order valence-electron chi connectivity index (χ1n) is 8.42. The zero-order valence-electron chi connectivity index (χ0n) is 14.5. The lowest BCUT2D eigenvalue weighted by molar-refractivity contribution is 0.0954. The first-order chi connectivity index (χ1) is 11.6. The summed E-state index contributed by atoms with van der Waals surface area (Å²) >= 11 is 5.99. The Morgan fingerprint density at radius 3 is 2.80 bits per heavy atom. The van der Waals surface area contributed by atoms with Gasteiger partial charge < -0.3 is 16.4 Å². The summed E-state index contributed by atoms with van der Waals surface area (Å²) < 4.78 is 0. The van der Waals surface area contributed by atoms with Gasteiger partial charge in [-0.2, -0.15) is 0 Å². The smallest absolute Gasteiger partial charge is 0.252 e. The molecule has 0 aromatic heterocycles. The van der Waals surface area contributed by atoms with Crippen molar-refractivity contribution < 1.29 is 4.79 Å². The number of carbonyl (C=O) groups is 1. The number of guanidine groups is 1. The van der Waals surface area contributed by atoms with Crippen molar-refractivity contribution in [2.75, 3.05) is 32.7 Å². The third kappa shape index (κ3) is 6.99. The molecule has 140 valence electrons. The molecule has 4 N–H and O–H groups in total. The largest absolute Gasteiger partial charge is 0.370 e. The van der Waals surface area contributed by atoms with Crippen LogP contribution in [0.15, 0.2) is 29.3 Å². The van der Waals surface area contributed by atoms with Gasteiger partial charge >= 0.3 is 0 Å². The zero-order chi connectivity index (χ0) is 17.4. The van der Waals surface area contributed by atoms with Gasteiger partial charge in [-0.3, -0.25) is 14.7 Å². The van der Waals surface area contributed by atoms with Crippen LogP contribution in [-0.2, 0) is 0 Å². The Bertz CT molecular complexity index is 584. The summed E-state index contributed by atoms with van der Waals surface area (Å²) in [5.74, 6) is 0.229. The number of likely N-dealkylation sites (tertiary alicyclic amines) is 1. The average Bonchev–Trinajstić information content (AvgIpc) is 3.04. The van der Waals surface area contributed by atoms with Crippen molar-refractivity contribution in [1.82, 2.24) is 15.5 Å². The molecule has 0 radical (unpaired) electrons. The topological polar surface area (TPSA) is 82.8 Å². The van der Waals surface area contributed by atoms with Crippen molar-refractivity contribution in [3.8, 4) is 0 Å². The van der Waals surface area contributed by atoms with Crippen molar-refractivity contribution in [3.63, 3.8) is 0 Å². The van der Waals surface area contributed by atoms with Crippen LogP contribution >= 0.6 is 35.6 Å². The van der Waals surface area contributed by atoms with Gasteiger partial charge in [-0.25, -0.2) is 0 Å². The van der Waals surface area contributed by atoms with E-state index >= 15 is 0 Å². The number of nitrogens with two attached hydrogens (primary N) is 1. The van der Waals surface area contributed by atoms with E-state index in [1.165, 1.54) is 12.8 Å². The van der Waals surface area contributed by atoms with E-state index in [-0.39, 0.29) is 29.9 Å². The van der Waals surface area contributed by atoms with E-state index in [1.807, 2.05) is 0 Å². The van der Waals surface area contributed by atoms with Gasteiger partial charge in [-0.1, -0.05) is 30.7 Å². The predicted molar refractivity (Wildman–Crippen MR) is 114 cm³/mol. The van der Waals surface area contributed by atoms with Crippen LogP contribution in [0.4, 0.5) is 0 Å². The second-order valence-electron chi connectivity index (χ2n) is 5.81. The molecule has 0 aliphatic carbocycles.